The number of benzene rings is 1. The third-order valence-corrected chi connectivity index (χ3v) is 5.68. The third kappa shape index (κ3) is 4.07. The standard InChI is InChI=1S/C20H25N5O3/c26-18(27)11-15-10-16(24-23-15)13-6-8-25(9-7-13)20(28)17-12-21-19(22-17)14-4-2-1-3-5-14/h1-5,12-13,15-16,23-24H,6-11H2,(H,21,22)(H,26,27). The maximum atomic E-state index is 12.8. The first kappa shape index (κ1) is 18.6. The number of imidazole rings is 1. The van der Waals surface area contributed by atoms with Crippen LogP contribution in [0, 0.1) is 5.92 Å². The van der Waals surface area contributed by atoms with E-state index >= 15 is 0 Å². The second-order valence-electron chi connectivity index (χ2n) is 7.57. The highest BCUT2D eigenvalue weighted by molar-refractivity contribution is 5.92. The zero-order valence-corrected chi connectivity index (χ0v) is 15.6. The molecule has 0 bridgehead atoms. The van der Waals surface area contributed by atoms with E-state index in [1.165, 1.54) is 0 Å². The van der Waals surface area contributed by atoms with E-state index < -0.39 is 5.97 Å². The molecule has 2 fully saturated rings. The van der Waals surface area contributed by atoms with Gasteiger partial charge >= 0.3 is 5.97 Å². The van der Waals surface area contributed by atoms with Gasteiger partial charge in [-0.15, -0.1) is 0 Å². The molecule has 2 saturated heterocycles. The summed E-state index contributed by atoms with van der Waals surface area (Å²) in [6, 6.07) is 9.98. The topological polar surface area (TPSA) is 110 Å². The molecule has 0 aliphatic carbocycles. The Morgan fingerprint density at radius 1 is 1.14 bits per heavy atom. The Balaban J connectivity index is 1.31. The Labute approximate surface area is 163 Å². The number of hydrogen-bond acceptors (Lipinski definition) is 5. The minimum absolute atomic E-state index is 0.0191. The number of hydrogen-bond donors (Lipinski definition) is 4. The van der Waals surface area contributed by atoms with Gasteiger partial charge in [0.1, 0.15) is 11.5 Å². The van der Waals surface area contributed by atoms with Crippen LogP contribution in [0.15, 0.2) is 36.5 Å². The van der Waals surface area contributed by atoms with Crippen molar-refractivity contribution in [2.24, 2.45) is 5.92 Å². The summed E-state index contributed by atoms with van der Waals surface area (Å²) in [6.07, 6.45) is 4.36. The molecule has 1 amide bonds. The van der Waals surface area contributed by atoms with Crippen molar-refractivity contribution >= 4 is 11.9 Å². The summed E-state index contributed by atoms with van der Waals surface area (Å²) in [5.41, 5.74) is 7.80. The van der Waals surface area contributed by atoms with Crippen LogP contribution in [0.25, 0.3) is 11.4 Å². The smallest absolute Gasteiger partial charge is 0.304 e. The number of nitrogens with one attached hydrogen (secondary N) is 3. The van der Waals surface area contributed by atoms with Gasteiger partial charge in [-0.2, -0.15) is 0 Å². The molecular formula is C20H25N5O3. The highest BCUT2D eigenvalue weighted by atomic mass is 16.4. The number of aromatic amines is 1. The van der Waals surface area contributed by atoms with E-state index in [0.717, 1.165) is 24.8 Å². The molecule has 2 atom stereocenters. The summed E-state index contributed by atoms with van der Waals surface area (Å²) in [6.45, 7) is 1.40. The maximum Gasteiger partial charge on any atom is 0.304 e. The molecule has 2 aromatic rings. The predicted octanol–water partition coefficient (Wildman–Crippen LogP) is 1.64. The van der Waals surface area contributed by atoms with E-state index in [1.807, 2.05) is 35.2 Å². The van der Waals surface area contributed by atoms with Gasteiger partial charge in [0.2, 0.25) is 0 Å². The molecule has 0 saturated carbocycles. The van der Waals surface area contributed by atoms with Crippen LogP contribution in [-0.4, -0.2) is 57.0 Å². The third-order valence-electron chi connectivity index (χ3n) is 5.68. The number of carbonyl (C=O) groups is 2. The number of aromatic nitrogens is 2. The van der Waals surface area contributed by atoms with Crippen LogP contribution in [0.4, 0.5) is 0 Å². The molecule has 3 heterocycles. The number of carboxylic acid groups (broad SMARTS) is 1. The second-order valence-corrected chi connectivity index (χ2v) is 7.57. The first-order valence-electron chi connectivity index (χ1n) is 9.72. The lowest BCUT2D eigenvalue weighted by Gasteiger charge is -2.34. The van der Waals surface area contributed by atoms with Gasteiger partial charge in [-0.25, -0.2) is 4.98 Å². The summed E-state index contributed by atoms with van der Waals surface area (Å²) in [5.74, 6) is 0.339. The number of amides is 1. The molecule has 8 heteroatoms. The molecular weight excluding hydrogens is 358 g/mol. The quantitative estimate of drug-likeness (QED) is 0.625. The van der Waals surface area contributed by atoms with Crippen molar-refractivity contribution in [3.8, 4) is 11.4 Å². The number of rotatable bonds is 5. The molecule has 4 N–H and O–H groups in total. The molecule has 0 radical (unpaired) electrons. The predicted molar refractivity (Wildman–Crippen MR) is 103 cm³/mol. The van der Waals surface area contributed by atoms with Crippen LogP contribution in [-0.2, 0) is 4.79 Å². The number of H-pyrrole nitrogens is 1. The second kappa shape index (κ2) is 8.12. The van der Waals surface area contributed by atoms with Gasteiger partial charge in [0, 0.05) is 30.7 Å². The zero-order valence-electron chi connectivity index (χ0n) is 15.6. The number of aliphatic carboxylic acids is 1. The monoisotopic (exact) mass is 383 g/mol. The Bertz CT molecular complexity index is 829. The van der Waals surface area contributed by atoms with Crippen molar-refractivity contribution in [2.45, 2.75) is 37.8 Å². The minimum Gasteiger partial charge on any atom is -0.481 e. The summed E-state index contributed by atoms with van der Waals surface area (Å²) in [5, 5.41) is 8.93. The van der Waals surface area contributed by atoms with Gasteiger partial charge in [0.05, 0.1) is 12.6 Å². The lowest BCUT2D eigenvalue weighted by atomic mass is 9.87. The fourth-order valence-corrected chi connectivity index (χ4v) is 4.15. The molecule has 1 aromatic heterocycles. The molecule has 4 rings (SSSR count). The SMILES string of the molecule is O=C(O)CC1CC(C2CCN(C(=O)c3cnc(-c4ccccc4)[nH]3)CC2)NN1. The highest BCUT2D eigenvalue weighted by Crippen LogP contribution is 2.27. The largest absolute Gasteiger partial charge is 0.481 e. The molecule has 0 spiro atoms. The van der Waals surface area contributed by atoms with Crippen LogP contribution < -0.4 is 10.9 Å². The molecule has 148 valence electrons. The molecule has 2 aliphatic heterocycles. The molecule has 2 aliphatic rings. The zero-order chi connectivity index (χ0) is 19.5. The molecule has 8 nitrogen and oxygen atoms in total. The fourth-order valence-electron chi connectivity index (χ4n) is 4.15. The van der Waals surface area contributed by atoms with Crippen molar-refractivity contribution in [1.29, 1.82) is 0 Å². The van der Waals surface area contributed by atoms with Crippen molar-refractivity contribution < 1.29 is 14.7 Å². The number of nitrogens with zero attached hydrogens (tertiary/aromatic N) is 2. The number of hydrazine groups is 1. The minimum atomic E-state index is -0.783. The Morgan fingerprint density at radius 3 is 2.61 bits per heavy atom. The van der Waals surface area contributed by atoms with Crippen molar-refractivity contribution in [1.82, 2.24) is 25.7 Å². The van der Waals surface area contributed by atoms with Gasteiger partial charge in [0.25, 0.3) is 5.91 Å². The van der Waals surface area contributed by atoms with E-state index in [2.05, 4.69) is 20.8 Å². The molecule has 28 heavy (non-hydrogen) atoms. The van der Waals surface area contributed by atoms with Gasteiger partial charge in [-0.1, -0.05) is 30.3 Å². The van der Waals surface area contributed by atoms with E-state index in [9.17, 15) is 9.59 Å². The average Bonchev–Trinajstić information content (AvgIpc) is 3.38. The van der Waals surface area contributed by atoms with Crippen molar-refractivity contribution in [3.05, 3.63) is 42.2 Å². The Kier molecular flexibility index (Phi) is 5.40. The lowest BCUT2D eigenvalue weighted by Crippen LogP contribution is -2.44. The van der Waals surface area contributed by atoms with E-state index in [-0.39, 0.29) is 24.4 Å². The molecule has 2 unspecified atom stereocenters. The van der Waals surface area contributed by atoms with Crippen molar-refractivity contribution in [2.75, 3.05) is 13.1 Å². The summed E-state index contributed by atoms with van der Waals surface area (Å²) in [4.78, 5) is 33.0. The van der Waals surface area contributed by atoms with Gasteiger partial charge < -0.3 is 15.0 Å². The van der Waals surface area contributed by atoms with Crippen molar-refractivity contribution in [3.63, 3.8) is 0 Å². The number of carbonyl (C=O) groups excluding carboxylic acids is 1. The first-order chi connectivity index (χ1) is 13.6. The van der Waals surface area contributed by atoms with Crippen LogP contribution in [0.3, 0.4) is 0 Å². The highest BCUT2D eigenvalue weighted by Gasteiger charge is 2.34. The molecule has 1 aromatic carbocycles. The Hall–Kier alpha value is -2.71. The van der Waals surface area contributed by atoms with Crippen LogP contribution in [0.1, 0.15) is 36.2 Å². The number of piperidine rings is 1. The van der Waals surface area contributed by atoms with Crippen LogP contribution in [0.5, 0.6) is 0 Å². The first-order valence-corrected chi connectivity index (χ1v) is 9.72. The number of likely N-dealkylation sites (tertiary alicyclic amines) is 1. The fraction of sp³-hybridized carbons (Fsp3) is 0.450. The van der Waals surface area contributed by atoms with Gasteiger partial charge in [-0.05, 0) is 25.2 Å². The lowest BCUT2D eigenvalue weighted by molar-refractivity contribution is -0.137. The van der Waals surface area contributed by atoms with Gasteiger partial charge in [0.15, 0.2) is 0 Å². The normalized spacial score (nSPS) is 23.1. The maximum absolute atomic E-state index is 12.8. The number of carboxylic acids is 1. The van der Waals surface area contributed by atoms with Crippen LogP contribution >= 0.6 is 0 Å². The van der Waals surface area contributed by atoms with E-state index in [1.54, 1.807) is 6.20 Å². The van der Waals surface area contributed by atoms with Gasteiger partial charge in [-0.3, -0.25) is 20.4 Å². The summed E-state index contributed by atoms with van der Waals surface area (Å²) >= 11 is 0. The summed E-state index contributed by atoms with van der Waals surface area (Å²) < 4.78 is 0. The van der Waals surface area contributed by atoms with E-state index in [4.69, 9.17) is 5.11 Å². The Morgan fingerprint density at radius 2 is 1.89 bits per heavy atom. The summed E-state index contributed by atoms with van der Waals surface area (Å²) in [7, 11) is 0. The van der Waals surface area contributed by atoms with Crippen LogP contribution in [0.2, 0.25) is 0 Å². The van der Waals surface area contributed by atoms with E-state index in [0.29, 0.717) is 30.5 Å². The average molecular weight is 383 g/mol.